The van der Waals surface area contributed by atoms with Crippen LogP contribution in [-0.4, -0.2) is 48.2 Å². The fourth-order valence-corrected chi connectivity index (χ4v) is 3.89. The van der Waals surface area contributed by atoms with E-state index in [-0.39, 0.29) is 22.0 Å². The Morgan fingerprint density at radius 3 is 2.64 bits per heavy atom. The lowest BCUT2D eigenvalue weighted by Gasteiger charge is -2.14. The predicted molar refractivity (Wildman–Crippen MR) is 90.6 cm³/mol. The molecule has 132 valence electrons. The zero-order valence-electron chi connectivity index (χ0n) is 14.0. The zero-order chi connectivity index (χ0) is 18.4. The smallest absolute Gasteiger partial charge is 0.220 e. The highest BCUT2D eigenvalue weighted by molar-refractivity contribution is 7.90. The number of oxime groups is 1. The number of aryl methyl sites for hydroxylation is 1. The third-order valence-corrected chi connectivity index (χ3v) is 5.28. The number of sulfone groups is 1. The van der Waals surface area contributed by atoms with Gasteiger partial charge in [-0.2, -0.15) is 5.10 Å². The summed E-state index contributed by atoms with van der Waals surface area (Å²) in [5, 5.41) is 18.1. The van der Waals surface area contributed by atoms with Crippen molar-refractivity contribution >= 4 is 21.8 Å². The van der Waals surface area contributed by atoms with Gasteiger partial charge < -0.3 is 9.94 Å². The minimum absolute atomic E-state index is 0.0493. The molecular weight excluding hydrogens is 346 g/mol. The van der Waals surface area contributed by atoms with Crippen molar-refractivity contribution in [3.8, 4) is 17.1 Å². The lowest BCUT2D eigenvalue weighted by atomic mass is 9.94. The summed E-state index contributed by atoms with van der Waals surface area (Å²) in [7, 11) is -1.98. The van der Waals surface area contributed by atoms with E-state index in [1.807, 2.05) is 0 Å². The first kappa shape index (κ1) is 17.2. The molecule has 0 amide bonds. The van der Waals surface area contributed by atoms with Gasteiger partial charge >= 0.3 is 0 Å². The topological polar surface area (TPSA) is 111 Å². The quantitative estimate of drug-likeness (QED) is 0.823. The maximum absolute atomic E-state index is 12.2. The van der Waals surface area contributed by atoms with Crippen LogP contribution in [0.15, 0.2) is 22.2 Å². The van der Waals surface area contributed by atoms with Crippen LogP contribution in [0.25, 0.3) is 11.3 Å². The van der Waals surface area contributed by atoms with Crippen LogP contribution in [0, 0.1) is 6.92 Å². The molecule has 0 saturated carbocycles. The lowest BCUT2D eigenvalue weighted by Crippen LogP contribution is -2.11. The molecule has 2 heterocycles. The molecule has 8 nitrogen and oxygen atoms in total. The number of rotatable bonds is 4. The van der Waals surface area contributed by atoms with Crippen molar-refractivity contribution in [2.45, 2.75) is 18.2 Å². The molecule has 1 N–H and O–H groups in total. The number of carbonyl (C=O) groups is 1. The fraction of sp³-hybridized carbons (Fsp3) is 0.312. The van der Waals surface area contributed by atoms with Crippen LogP contribution in [-0.2, 0) is 21.7 Å². The molecule has 3 rings (SSSR count). The monoisotopic (exact) mass is 363 g/mol. The van der Waals surface area contributed by atoms with E-state index < -0.39 is 9.84 Å². The second-order valence-corrected chi connectivity index (χ2v) is 7.82. The zero-order valence-corrected chi connectivity index (χ0v) is 14.8. The molecule has 0 spiro atoms. The molecule has 25 heavy (non-hydrogen) atoms. The maximum atomic E-state index is 12.2. The Morgan fingerprint density at radius 1 is 1.36 bits per heavy atom. The maximum Gasteiger partial charge on any atom is 0.220 e. The van der Waals surface area contributed by atoms with Gasteiger partial charge in [0.15, 0.2) is 16.1 Å². The van der Waals surface area contributed by atoms with E-state index in [0.29, 0.717) is 41.7 Å². The van der Waals surface area contributed by atoms with Gasteiger partial charge in [-0.3, -0.25) is 4.79 Å². The minimum Gasteiger partial charge on any atom is -0.493 e. The van der Waals surface area contributed by atoms with E-state index in [1.165, 1.54) is 17.8 Å². The first-order chi connectivity index (χ1) is 11.8. The molecule has 0 saturated heterocycles. The molecule has 2 aromatic rings. The van der Waals surface area contributed by atoms with E-state index >= 15 is 0 Å². The molecule has 0 bridgehead atoms. The van der Waals surface area contributed by atoms with E-state index in [2.05, 4.69) is 10.3 Å². The summed E-state index contributed by atoms with van der Waals surface area (Å²) in [4.78, 5) is 16.5. The van der Waals surface area contributed by atoms with Crippen molar-refractivity contribution in [1.29, 1.82) is 0 Å². The van der Waals surface area contributed by atoms with Crippen LogP contribution < -0.4 is 0 Å². The number of aromatic hydroxyl groups is 1. The summed E-state index contributed by atoms with van der Waals surface area (Å²) in [6.45, 7) is 2.12. The Labute approximate surface area is 144 Å². The molecule has 1 aliphatic rings. The number of aromatic nitrogens is 2. The Balaban J connectivity index is 2.33. The van der Waals surface area contributed by atoms with Crippen molar-refractivity contribution in [3.63, 3.8) is 0 Å². The van der Waals surface area contributed by atoms with Gasteiger partial charge in [0.1, 0.15) is 17.9 Å². The lowest BCUT2D eigenvalue weighted by molar-refractivity contribution is 0.112. The third kappa shape index (κ3) is 2.80. The summed E-state index contributed by atoms with van der Waals surface area (Å²) >= 11 is 0. The van der Waals surface area contributed by atoms with Gasteiger partial charge in [0.25, 0.3) is 0 Å². The Morgan fingerprint density at radius 2 is 2.08 bits per heavy atom. The highest BCUT2D eigenvalue weighted by atomic mass is 32.2. The van der Waals surface area contributed by atoms with E-state index in [0.717, 1.165) is 6.26 Å². The molecular formula is C16H17N3O5S. The second-order valence-electron chi connectivity index (χ2n) is 5.83. The first-order valence-electron chi connectivity index (χ1n) is 7.50. The summed E-state index contributed by atoms with van der Waals surface area (Å²) in [6, 6.07) is 3.05. The highest BCUT2D eigenvalue weighted by Crippen LogP contribution is 2.35. The van der Waals surface area contributed by atoms with Crippen molar-refractivity contribution in [2.24, 2.45) is 12.2 Å². The molecule has 0 unspecified atom stereocenters. The van der Waals surface area contributed by atoms with Gasteiger partial charge in [0, 0.05) is 30.9 Å². The molecule has 1 aliphatic heterocycles. The van der Waals surface area contributed by atoms with Crippen LogP contribution in [0.2, 0.25) is 0 Å². The molecule has 0 fully saturated rings. The van der Waals surface area contributed by atoms with Crippen LogP contribution >= 0.6 is 0 Å². The number of nitrogens with zero attached hydrogens (tertiary/aromatic N) is 3. The Hall–Kier alpha value is -2.68. The third-order valence-electron chi connectivity index (χ3n) is 4.15. The van der Waals surface area contributed by atoms with E-state index in [9.17, 15) is 18.3 Å². The minimum atomic E-state index is -3.49. The molecule has 9 heteroatoms. The van der Waals surface area contributed by atoms with Crippen LogP contribution in [0.1, 0.15) is 27.9 Å². The average Bonchev–Trinajstić information content (AvgIpc) is 3.15. The van der Waals surface area contributed by atoms with Gasteiger partial charge in [-0.05, 0) is 18.6 Å². The van der Waals surface area contributed by atoms with Gasteiger partial charge in [0.05, 0.1) is 10.6 Å². The van der Waals surface area contributed by atoms with Gasteiger partial charge in [-0.15, -0.1) is 0 Å². The van der Waals surface area contributed by atoms with Crippen molar-refractivity contribution in [2.75, 3.05) is 12.9 Å². The number of carbonyl (C=O) groups excluding carboxylic acids is 1. The van der Waals surface area contributed by atoms with Gasteiger partial charge in [-0.25, -0.2) is 13.1 Å². The van der Waals surface area contributed by atoms with Crippen molar-refractivity contribution in [3.05, 3.63) is 28.8 Å². The van der Waals surface area contributed by atoms with Crippen LogP contribution in [0.3, 0.4) is 0 Å². The summed E-state index contributed by atoms with van der Waals surface area (Å²) in [5.41, 5.74) is 2.48. The van der Waals surface area contributed by atoms with Crippen molar-refractivity contribution in [1.82, 2.24) is 9.78 Å². The molecule has 1 aromatic carbocycles. The summed E-state index contributed by atoms with van der Waals surface area (Å²) < 4.78 is 25.6. The second kappa shape index (κ2) is 5.99. The molecule has 0 aliphatic carbocycles. The molecule has 0 atom stereocenters. The standard InChI is InChI=1S/C16H17N3O5S/c1-9-10(15-11(8-20)16(21)19(2)17-15)4-5-13(25(3,22)23)14(9)12-6-7-24-18-12/h4-5,8,21H,6-7H2,1-3H3. The Kier molecular flexibility index (Phi) is 4.11. The van der Waals surface area contributed by atoms with Gasteiger partial charge in [0.2, 0.25) is 5.88 Å². The number of hydrogen-bond acceptors (Lipinski definition) is 7. The van der Waals surface area contributed by atoms with Gasteiger partial charge in [-0.1, -0.05) is 11.2 Å². The normalized spacial score (nSPS) is 14.3. The average molecular weight is 363 g/mol. The number of aldehydes is 1. The first-order valence-corrected chi connectivity index (χ1v) is 9.39. The molecule has 1 aromatic heterocycles. The SMILES string of the molecule is Cc1c(-c2nn(C)c(O)c2C=O)ccc(S(C)(=O)=O)c1C1=NOCC1. The molecule has 0 radical (unpaired) electrons. The Bertz CT molecular complexity index is 1010. The largest absolute Gasteiger partial charge is 0.493 e. The summed E-state index contributed by atoms with van der Waals surface area (Å²) in [6.07, 6.45) is 2.14. The van der Waals surface area contributed by atoms with Crippen molar-refractivity contribution < 1.29 is 23.2 Å². The van der Waals surface area contributed by atoms with Crippen LogP contribution in [0.4, 0.5) is 0 Å². The van der Waals surface area contributed by atoms with Crippen LogP contribution in [0.5, 0.6) is 5.88 Å². The predicted octanol–water partition coefficient (Wildman–Crippen LogP) is 1.44. The highest BCUT2D eigenvalue weighted by Gasteiger charge is 2.26. The van der Waals surface area contributed by atoms with E-state index in [4.69, 9.17) is 4.84 Å². The number of hydrogen-bond donors (Lipinski definition) is 1. The van der Waals surface area contributed by atoms with E-state index in [1.54, 1.807) is 13.0 Å². The summed E-state index contributed by atoms with van der Waals surface area (Å²) in [5.74, 6) is -0.250. The number of benzene rings is 1. The fourth-order valence-electron chi connectivity index (χ4n) is 2.93.